The summed E-state index contributed by atoms with van der Waals surface area (Å²) in [5.74, 6) is -0.423. The van der Waals surface area contributed by atoms with E-state index in [2.05, 4.69) is 0 Å². The number of benzene rings is 1. The summed E-state index contributed by atoms with van der Waals surface area (Å²) in [6, 6.07) is 1.67. The van der Waals surface area contributed by atoms with Gasteiger partial charge >= 0.3 is 0 Å². The van der Waals surface area contributed by atoms with E-state index in [9.17, 15) is 9.18 Å². The van der Waals surface area contributed by atoms with E-state index in [1.165, 1.54) is 14.2 Å². The van der Waals surface area contributed by atoms with Crippen LogP contribution in [0.5, 0.6) is 11.5 Å². The maximum absolute atomic E-state index is 13.8. The zero-order valence-corrected chi connectivity index (χ0v) is 8.59. The molecule has 0 saturated heterocycles. The number of hydrogen-bond acceptors (Lipinski definition) is 3. The predicted molar refractivity (Wildman–Crippen MR) is 52.2 cm³/mol. The molecule has 1 aliphatic rings. The predicted octanol–water partition coefficient (Wildman–Crippen LogP) is 1.97. The van der Waals surface area contributed by atoms with Crippen molar-refractivity contribution in [1.82, 2.24) is 0 Å². The Balaban J connectivity index is 2.67. The quantitative estimate of drug-likeness (QED) is 0.748. The molecule has 0 amide bonds. The van der Waals surface area contributed by atoms with Crippen molar-refractivity contribution < 1.29 is 18.7 Å². The fraction of sp³-hybridized carbons (Fsp3) is 0.364. The highest BCUT2D eigenvalue weighted by molar-refractivity contribution is 6.01. The normalized spacial score (nSPS) is 13.9. The topological polar surface area (TPSA) is 35.5 Å². The average Bonchev–Trinajstić information content (AvgIpc) is 2.60. The SMILES string of the molecule is COc1cc2c(c(F)c1OC)C(=O)CC2. The molecular weight excluding hydrogens is 199 g/mol. The van der Waals surface area contributed by atoms with Gasteiger partial charge < -0.3 is 9.47 Å². The number of methoxy groups -OCH3 is 2. The maximum Gasteiger partial charge on any atom is 0.197 e. The van der Waals surface area contributed by atoms with Crippen LogP contribution in [0.4, 0.5) is 4.39 Å². The summed E-state index contributed by atoms with van der Waals surface area (Å²) < 4.78 is 23.7. The number of halogens is 1. The van der Waals surface area contributed by atoms with E-state index in [1.807, 2.05) is 0 Å². The lowest BCUT2D eigenvalue weighted by Gasteiger charge is -2.11. The van der Waals surface area contributed by atoms with Crippen molar-refractivity contribution in [3.63, 3.8) is 0 Å². The van der Waals surface area contributed by atoms with Gasteiger partial charge in [-0.25, -0.2) is 4.39 Å². The van der Waals surface area contributed by atoms with Gasteiger partial charge in [-0.15, -0.1) is 0 Å². The van der Waals surface area contributed by atoms with Gasteiger partial charge in [0.15, 0.2) is 23.1 Å². The molecule has 0 bridgehead atoms. The van der Waals surface area contributed by atoms with Crippen molar-refractivity contribution in [3.8, 4) is 11.5 Å². The molecule has 0 aromatic heterocycles. The Morgan fingerprint density at radius 3 is 2.60 bits per heavy atom. The van der Waals surface area contributed by atoms with E-state index in [4.69, 9.17) is 9.47 Å². The summed E-state index contributed by atoms with van der Waals surface area (Å²) in [5.41, 5.74) is 0.864. The van der Waals surface area contributed by atoms with Crippen molar-refractivity contribution in [3.05, 3.63) is 23.0 Å². The summed E-state index contributed by atoms with van der Waals surface area (Å²) in [6.07, 6.45) is 0.939. The number of Topliss-reactive ketones (excluding diaryl/α,β-unsaturated/α-hetero) is 1. The van der Waals surface area contributed by atoms with Crippen molar-refractivity contribution >= 4 is 5.78 Å². The number of carbonyl (C=O) groups excluding carboxylic acids is 1. The number of rotatable bonds is 2. The van der Waals surface area contributed by atoms with Crippen molar-refractivity contribution in [1.29, 1.82) is 0 Å². The molecule has 15 heavy (non-hydrogen) atoms. The number of fused-ring (bicyclic) bond motifs is 1. The highest BCUT2D eigenvalue weighted by Gasteiger charge is 2.28. The summed E-state index contributed by atoms with van der Waals surface area (Å²) in [5, 5.41) is 0. The molecule has 2 rings (SSSR count). The fourth-order valence-electron chi connectivity index (χ4n) is 1.87. The smallest absolute Gasteiger partial charge is 0.197 e. The lowest BCUT2D eigenvalue weighted by Crippen LogP contribution is -2.02. The molecule has 0 N–H and O–H groups in total. The van der Waals surface area contributed by atoms with Gasteiger partial charge in [-0.05, 0) is 18.1 Å². The lowest BCUT2D eigenvalue weighted by molar-refractivity contribution is 0.0990. The second kappa shape index (κ2) is 3.53. The molecule has 0 atom stereocenters. The molecule has 0 spiro atoms. The van der Waals surface area contributed by atoms with E-state index in [0.717, 1.165) is 0 Å². The molecule has 1 aromatic rings. The van der Waals surface area contributed by atoms with Gasteiger partial charge in [0.05, 0.1) is 19.8 Å². The van der Waals surface area contributed by atoms with Crippen LogP contribution in [-0.4, -0.2) is 20.0 Å². The molecule has 0 unspecified atom stereocenters. The molecule has 1 aromatic carbocycles. The number of hydrogen-bond donors (Lipinski definition) is 0. The largest absolute Gasteiger partial charge is 0.493 e. The fourth-order valence-corrected chi connectivity index (χ4v) is 1.87. The summed E-state index contributed by atoms with van der Waals surface area (Å²) >= 11 is 0. The van der Waals surface area contributed by atoms with Crippen LogP contribution >= 0.6 is 0 Å². The Hall–Kier alpha value is -1.58. The first-order chi connectivity index (χ1) is 7.19. The number of aryl methyl sites for hydroxylation is 1. The van der Waals surface area contributed by atoms with Crippen molar-refractivity contribution in [2.24, 2.45) is 0 Å². The molecule has 0 fully saturated rings. The van der Waals surface area contributed by atoms with Crippen LogP contribution in [0.1, 0.15) is 22.3 Å². The minimum Gasteiger partial charge on any atom is -0.493 e. The second-order valence-electron chi connectivity index (χ2n) is 3.38. The van der Waals surface area contributed by atoms with E-state index in [0.29, 0.717) is 24.2 Å². The van der Waals surface area contributed by atoms with Crippen molar-refractivity contribution in [2.45, 2.75) is 12.8 Å². The van der Waals surface area contributed by atoms with Crippen molar-refractivity contribution in [2.75, 3.05) is 14.2 Å². The van der Waals surface area contributed by atoms with Crippen LogP contribution in [0.15, 0.2) is 6.07 Å². The molecule has 4 heteroatoms. The number of ether oxygens (including phenoxy) is 2. The Kier molecular flexibility index (Phi) is 2.34. The average molecular weight is 210 g/mol. The Bertz CT molecular complexity index is 426. The Morgan fingerprint density at radius 1 is 1.27 bits per heavy atom. The molecule has 0 aliphatic heterocycles. The highest BCUT2D eigenvalue weighted by Crippen LogP contribution is 2.38. The van der Waals surface area contributed by atoms with E-state index >= 15 is 0 Å². The van der Waals surface area contributed by atoms with Gasteiger partial charge in [-0.1, -0.05) is 0 Å². The van der Waals surface area contributed by atoms with Gasteiger partial charge in [0.2, 0.25) is 0 Å². The molecule has 0 heterocycles. The molecule has 0 saturated carbocycles. The van der Waals surface area contributed by atoms with Crippen LogP contribution < -0.4 is 9.47 Å². The van der Waals surface area contributed by atoms with Crippen LogP contribution in [0.25, 0.3) is 0 Å². The monoisotopic (exact) mass is 210 g/mol. The minimum absolute atomic E-state index is 0.00602. The molecule has 80 valence electrons. The molecule has 3 nitrogen and oxygen atoms in total. The van der Waals surface area contributed by atoms with Crippen LogP contribution in [0, 0.1) is 5.82 Å². The van der Waals surface area contributed by atoms with E-state index in [-0.39, 0.29) is 17.1 Å². The van der Waals surface area contributed by atoms with E-state index in [1.54, 1.807) is 6.07 Å². The molecule has 1 aliphatic carbocycles. The third kappa shape index (κ3) is 1.37. The highest BCUT2D eigenvalue weighted by atomic mass is 19.1. The van der Waals surface area contributed by atoms with Gasteiger partial charge in [0.1, 0.15) is 0 Å². The third-order valence-corrected chi connectivity index (χ3v) is 2.59. The zero-order valence-electron chi connectivity index (χ0n) is 8.59. The Labute approximate surface area is 86.8 Å². The minimum atomic E-state index is -0.602. The molecule has 0 radical (unpaired) electrons. The number of carbonyl (C=O) groups is 1. The first kappa shape index (κ1) is 9.96. The van der Waals surface area contributed by atoms with Gasteiger partial charge in [0, 0.05) is 6.42 Å². The first-order valence-corrected chi connectivity index (χ1v) is 4.65. The van der Waals surface area contributed by atoms with Gasteiger partial charge in [0.25, 0.3) is 0 Å². The van der Waals surface area contributed by atoms with Crippen LogP contribution in [0.3, 0.4) is 0 Å². The summed E-state index contributed by atoms with van der Waals surface area (Å²) in [4.78, 5) is 11.4. The summed E-state index contributed by atoms with van der Waals surface area (Å²) in [7, 11) is 2.80. The van der Waals surface area contributed by atoms with E-state index < -0.39 is 5.82 Å². The zero-order chi connectivity index (χ0) is 11.0. The second-order valence-corrected chi connectivity index (χ2v) is 3.38. The Morgan fingerprint density at radius 2 is 2.00 bits per heavy atom. The lowest BCUT2D eigenvalue weighted by atomic mass is 10.1. The molecular formula is C11H11FO3. The van der Waals surface area contributed by atoms with Crippen LogP contribution in [-0.2, 0) is 6.42 Å². The first-order valence-electron chi connectivity index (χ1n) is 4.65. The van der Waals surface area contributed by atoms with Gasteiger partial charge in [-0.3, -0.25) is 4.79 Å². The maximum atomic E-state index is 13.8. The third-order valence-electron chi connectivity index (χ3n) is 2.59. The van der Waals surface area contributed by atoms with Gasteiger partial charge in [-0.2, -0.15) is 0 Å². The standard InChI is InChI=1S/C11H11FO3/c1-14-8-5-6-3-4-7(13)9(6)10(12)11(8)15-2/h5H,3-4H2,1-2H3. The summed E-state index contributed by atoms with van der Waals surface area (Å²) in [6.45, 7) is 0. The van der Waals surface area contributed by atoms with Crippen LogP contribution in [0.2, 0.25) is 0 Å². The number of ketones is 1.